The second-order valence-corrected chi connectivity index (χ2v) is 5.69. The summed E-state index contributed by atoms with van der Waals surface area (Å²) in [5.74, 6) is 1.01. The van der Waals surface area contributed by atoms with E-state index in [2.05, 4.69) is 37.1 Å². The number of hydrogen-bond acceptors (Lipinski definition) is 2. The first-order valence-corrected chi connectivity index (χ1v) is 6.21. The predicted octanol–water partition coefficient (Wildman–Crippen LogP) is 1.84. The maximum absolute atomic E-state index is 5.38. The van der Waals surface area contributed by atoms with E-state index in [-0.39, 0.29) is 9.45 Å². The third-order valence-electron chi connectivity index (χ3n) is 2.14. The molecule has 0 fully saturated rings. The van der Waals surface area contributed by atoms with Crippen molar-refractivity contribution in [2.75, 3.05) is 17.8 Å². The molecule has 1 aromatic carbocycles. The van der Waals surface area contributed by atoms with Gasteiger partial charge in [-0.25, -0.2) is 0 Å². The van der Waals surface area contributed by atoms with Crippen molar-refractivity contribution in [3.63, 3.8) is 0 Å². The smallest absolute Gasteiger partial charge is 0.0726 e. The zero-order valence-electron chi connectivity index (χ0n) is 7.20. The Kier molecular flexibility index (Phi) is 1.93. The largest absolute Gasteiger partial charge is 0.364 e. The fraction of sp³-hybridized carbons (Fsp3) is 0.333. The molecule has 0 bridgehead atoms. The summed E-state index contributed by atoms with van der Waals surface area (Å²) in [4.78, 5) is 3.62. The highest BCUT2D eigenvalue weighted by molar-refractivity contribution is 8.29. The minimum atomic E-state index is 0.0211. The minimum absolute atomic E-state index is 0.0211. The summed E-state index contributed by atoms with van der Waals surface area (Å²) >= 11 is 5.38. The summed E-state index contributed by atoms with van der Waals surface area (Å²) < 4.78 is 0. The quantitative estimate of drug-likeness (QED) is 0.624. The molecule has 0 aliphatic carbocycles. The molecule has 0 radical (unpaired) electrons. The lowest BCUT2D eigenvalue weighted by atomic mass is 10.2. The normalized spacial score (nSPS) is 21.2. The van der Waals surface area contributed by atoms with E-state index in [0.717, 1.165) is 5.88 Å². The highest BCUT2D eigenvalue weighted by atomic mass is 32.8. The van der Waals surface area contributed by atoms with Gasteiger partial charge in [-0.05, 0) is 29.7 Å². The van der Waals surface area contributed by atoms with Crippen molar-refractivity contribution in [1.82, 2.24) is 0 Å². The molecule has 1 aliphatic rings. The lowest BCUT2D eigenvalue weighted by Crippen LogP contribution is -2.14. The highest BCUT2D eigenvalue weighted by Crippen LogP contribution is 2.32. The molecular weight excluding hydrogens is 186 g/mol. The zero-order chi connectivity index (χ0) is 8.72. The van der Waals surface area contributed by atoms with Crippen LogP contribution in [0.2, 0.25) is 0 Å². The van der Waals surface area contributed by atoms with Gasteiger partial charge in [0.25, 0.3) is 0 Å². The van der Waals surface area contributed by atoms with Crippen molar-refractivity contribution in [3.8, 4) is 0 Å². The third kappa shape index (κ3) is 1.08. The van der Waals surface area contributed by atoms with Crippen molar-refractivity contribution in [2.24, 2.45) is 0 Å². The number of fused-ring (bicyclic) bond motifs is 1. The van der Waals surface area contributed by atoms with Crippen LogP contribution in [0.4, 0.5) is 5.69 Å². The Morgan fingerprint density at radius 1 is 1.50 bits per heavy atom. The van der Waals surface area contributed by atoms with Crippen LogP contribution in [0.1, 0.15) is 5.56 Å². The fourth-order valence-corrected chi connectivity index (χ4v) is 3.88. The summed E-state index contributed by atoms with van der Waals surface area (Å²) in [5.41, 5.74) is 2.70. The topological polar surface area (TPSA) is 3.24 Å². The van der Waals surface area contributed by atoms with Crippen LogP contribution in [-0.4, -0.2) is 12.9 Å². The summed E-state index contributed by atoms with van der Waals surface area (Å²) in [6.07, 6.45) is 0. The van der Waals surface area contributed by atoms with E-state index in [1.807, 2.05) is 0 Å². The van der Waals surface area contributed by atoms with Gasteiger partial charge in [0.1, 0.15) is 0 Å². The van der Waals surface area contributed by atoms with E-state index in [1.54, 1.807) is 0 Å². The van der Waals surface area contributed by atoms with Crippen LogP contribution in [0.3, 0.4) is 0 Å². The van der Waals surface area contributed by atoms with E-state index >= 15 is 0 Å². The second kappa shape index (κ2) is 2.82. The molecule has 0 aromatic heterocycles. The zero-order valence-corrected chi connectivity index (χ0v) is 8.84. The molecule has 0 amide bonds. The molecule has 0 saturated carbocycles. The van der Waals surface area contributed by atoms with Gasteiger partial charge in [-0.2, -0.15) is 0 Å². The first kappa shape index (κ1) is 8.20. The number of hydrogen-bond donors (Lipinski definition) is 0. The van der Waals surface area contributed by atoms with E-state index in [9.17, 15) is 0 Å². The molecule has 2 rings (SSSR count). The monoisotopic (exact) mass is 197 g/mol. The molecule has 1 heterocycles. The number of rotatable bonds is 0. The van der Waals surface area contributed by atoms with Gasteiger partial charge in [-0.1, -0.05) is 21.6 Å². The molecule has 64 valence electrons. The lowest BCUT2D eigenvalue weighted by Gasteiger charge is -2.12. The molecule has 1 aliphatic heterocycles. The van der Waals surface area contributed by atoms with Crippen LogP contribution >= 0.6 is 0 Å². The maximum Gasteiger partial charge on any atom is 0.0726 e. The second-order valence-electron chi connectivity index (χ2n) is 3.09. The highest BCUT2D eigenvalue weighted by Gasteiger charge is 2.20. The molecule has 0 saturated heterocycles. The number of nitrogens with zero attached hydrogens (tertiary/aromatic N) is 1. The van der Waals surface area contributed by atoms with Crippen LogP contribution in [-0.2, 0) is 20.6 Å². The molecule has 1 atom stereocenters. The lowest BCUT2D eigenvalue weighted by molar-refractivity contribution is 1.09. The van der Waals surface area contributed by atoms with Gasteiger partial charge in [-0.3, -0.25) is 0 Å². The number of para-hydroxylation sites is 1. The average molecular weight is 197 g/mol. The van der Waals surface area contributed by atoms with Crippen LogP contribution in [0, 0.1) is 6.92 Å². The Labute approximate surface area is 80.0 Å². The Balaban J connectivity index is 2.67. The Hall–Kier alpha value is -0.410. The van der Waals surface area contributed by atoms with Crippen molar-refractivity contribution in [2.45, 2.75) is 11.8 Å². The standard InChI is InChI=1S/C9H11NS2/c1-7-4-3-5-8-9(7)10(2)6-12(8)11/h3-5H,6H2,1-2H3. The summed E-state index contributed by atoms with van der Waals surface area (Å²) in [6, 6.07) is 6.40. The van der Waals surface area contributed by atoms with Crippen LogP contribution < -0.4 is 4.90 Å². The van der Waals surface area contributed by atoms with E-state index in [0.29, 0.717) is 0 Å². The van der Waals surface area contributed by atoms with Crippen molar-refractivity contribution < 1.29 is 0 Å². The average Bonchev–Trinajstić information content (AvgIpc) is 2.29. The van der Waals surface area contributed by atoms with Gasteiger partial charge >= 0.3 is 0 Å². The fourth-order valence-electron chi connectivity index (χ4n) is 1.61. The molecule has 3 heteroatoms. The first-order chi connectivity index (χ1) is 5.70. The number of benzene rings is 1. The van der Waals surface area contributed by atoms with Gasteiger partial charge in [0.05, 0.1) is 11.6 Å². The molecule has 1 unspecified atom stereocenters. The molecule has 1 aromatic rings. The van der Waals surface area contributed by atoms with Crippen LogP contribution in [0.25, 0.3) is 0 Å². The van der Waals surface area contributed by atoms with E-state index < -0.39 is 0 Å². The van der Waals surface area contributed by atoms with Gasteiger partial charge in [-0.15, -0.1) is 0 Å². The maximum atomic E-state index is 5.38. The van der Waals surface area contributed by atoms with Gasteiger partial charge in [0.15, 0.2) is 0 Å². The molecular formula is C9H11NS2. The molecule has 1 nitrogen and oxygen atoms in total. The Morgan fingerprint density at radius 3 is 2.92 bits per heavy atom. The molecule has 0 spiro atoms. The Morgan fingerprint density at radius 2 is 2.25 bits per heavy atom. The van der Waals surface area contributed by atoms with Gasteiger partial charge in [0.2, 0.25) is 0 Å². The minimum Gasteiger partial charge on any atom is -0.364 e. The van der Waals surface area contributed by atoms with Gasteiger partial charge in [0, 0.05) is 11.9 Å². The summed E-state index contributed by atoms with van der Waals surface area (Å²) in [6.45, 7) is 2.15. The third-order valence-corrected chi connectivity index (χ3v) is 4.44. The van der Waals surface area contributed by atoms with Crippen molar-refractivity contribution >= 4 is 26.3 Å². The summed E-state index contributed by atoms with van der Waals surface area (Å²) in [7, 11) is 2.14. The SMILES string of the molecule is Cc1cccc2c1N(C)CS2=S. The Bertz CT molecular complexity index is 346. The van der Waals surface area contributed by atoms with E-state index in [1.165, 1.54) is 16.1 Å². The predicted molar refractivity (Wildman–Crippen MR) is 57.4 cm³/mol. The number of aryl methyl sites for hydroxylation is 1. The first-order valence-electron chi connectivity index (χ1n) is 3.89. The van der Waals surface area contributed by atoms with E-state index in [4.69, 9.17) is 11.2 Å². The van der Waals surface area contributed by atoms with Crippen LogP contribution in [0.5, 0.6) is 0 Å². The van der Waals surface area contributed by atoms with Crippen molar-refractivity contribution in [3.05, 3.63) is 23.8 Å². The van der Waals surface area contributed by atoms with Crippen molar-refractivity contribution in [1.29, 1.82) is 0 Å². The number of anilines is 1. The van der Waals surface area contributed by atoms with Crippen LogP contribution in [0.15, 0.2) is 23.1 Å². The molecule has 0 N–H and O–H groups in total. The van der Waals surface area contributed by atoms with Gasteiger partial charge < -0.3 is 4.90 Å². The molecule has 12 heavy (non-hydrogen) atoms. The summed E-state index contributed by atoms with van der Waals surface area (Å²) in [5, 5.41) is 0.